The summed E-state index contributed by atoms with van der Waals surface area (Å²) in [5.74, 6) is -0.301. The van der Waals surface area contributed by atoms with Crippen molar-refractivity contribution in [3.05, 3.63) is 29.3 Å². The average Bonchev–Trinajstić information content (AvgIpc) is 3.72. The van der Waals surface area contributed by atoms with Gasteiger partial charge in [0.2, 0.25) is 5.95 Å². The van der Waals surface area contributed by atoms with Crippen LogP contribution in [0, 0.1) is 0 Å². The molecule has 10 atom stereocenters. The van der Waals surface area contributed by atoms with Gasteiger partial charge in [0, 0.05) is 0 Å². The van der Waals surface area contributed by atoms with Crippen molar-refractivity contribution in [2.45, 2.75) is 48.8 Å². The number of aliphatic hydroxyl groups excluding tert-OH is 1. The van der Waals surface area contributed by atoms with Crippen LogP contribution in [0.2, 0.25) is 0 Å². The first-order chi connectivity index (χ1) is 20.9. The summed E-state index contributed by atoms with van der Waals surface area (Å²) in [5.41, 5.74) is 8.48. The van der Waals surface area contributed by atoms with Crippen molar-refractivity contribution in [2.75, 3.05) is 24.7 Å². The van der Waals surface area contributed by atoms with E-state index >= 15 is 8.78 Å². The second kappa shape index (κ2) is 11.6. The fourth-order valence-corrected chi connectivity index (χ4v) is 7.16. The molecule has 6 rings (SSSR count). The number of fused-ring (bicyclic) bond motifs is 2. The minimum absolute atomic E-state index is 0.0241. The highest BCUT2D eigenvalue weighted by molar-refractivity contribution is 8.39. The maximum absolute atomic E-state index is 15.8. The van der Waals surface area contributed by atoms with Crippen LogP contribution in [0.5, 0.6) is 0 Å². The molecule has 44 heavy (non-hydrogen) atoms. The molecule has 0 aromatic carbocycles. The van der Waals surface area contributed by atoms with E-state index in [1.807, 2.05) is 0 Å². The number of alkyl halides is 2. The number of thiol groups is 1. The molecule has 236 valence electrons. The number of halogens is 2. The van der Waals surface area contributed by atoms with Crippen molar-refractivity contribution in [3.63, 3.8) is 0 Å². The number of nitrogens with one attached hydrogen (secondary N) is 1. The molecule has 0 aliphatic carbocycles. The SMILES string of the molecule is Nc1nc2c(ncn2C2OC(CO[P+](=O)S)C(F)C2P(=O)(O)OCC2OC(n3cnc4c(N)ncnc43)C(F)C2O)c(=O)[nH]1. The summed E-state index contributed by atoms with van der Waals surface area (Å²) in [4.78, 5) is 45.3. The standard InChI is InChI=1S/C20H22F2N10O9P2S/c21-8-6(1-38-42(35)44)40-19(32-5-28-11-16(32)29-20(24)30-17(11)34)13(8)43(36,37)39-2-7-12(33)9(22)18(41-7)31-4-27-10-14(23)25-3-26-15(10)31/h3-9,12-13,18-19,33H,1-2H2,(H6-,23,24,25,26,29,30,34,35,36,37,44)/p+1. The van der Waals surface area contributed by atoms with Crippen molar-refractivity contribution >= 4 is 61.2 Å². The number of aromatic amines is 1. The molecule has 10 unspecified atom stereocenters. The summed E-state index contributed by atoms with van der Waals surface area (Å²) in [6.45, 7) is -1.51. The highest BCUT2D eigenvalue weighted by atomic mass is 32.7. The Morgan fingerprint density at radius 2 is 1.73 bits per heavy atom. The molecule has 2 saturated heterocycles. The largest absolute Gasteiger partial charge is 0.582 e. The molecule has 6 heterocycles. The second-order valence-electron chi connectivity index (χ2n) is 9.75. The van der Waals surface area contributed by atoms with Crippen LogP contribution in [0.15, 0.2) is 23.8 Å². The number of H-pyrrole nitrogens is 1. The van der Waals surface area contributed by atoms with Gasteiger partial charge in [-0.2, -0.15) is 4.98 Å². The maximum Gasteiger partial charge on any atom is 0.582 e. The topological polar surface area (TPSA) is 271 Å². The van der Waals surface area contributed by atoms with Crippen LogP contribution in [0.3, 0.4) is 0 Å². The summed E-state index contributed by atoms with van der Waals surface area (Å²) in [6.07, 6.45) is -9.10. The number of aromatic nitrogens is 8. The quantitative estimate of drug-likeness (QED) is 0.101. The van der Waals surface area contributed by atoms with Gasteiger partial charge in [0.05, 0.1) is 19.3 Å². The normalized spacial score (nSPS) is 30.7. The number of hydrogen-bond donors (Lipinski definition) is 6. The third-order valence-corrected chi connectivity index (χ3v) is 9.65. The number of nitrogens with two attached hydrogens (primary N) is 2. The zero-order valence-electron chi connectivity index (χ0n) is 21.9. The lowest BCUT2D eigenvalue weighted by molar-refractivity contribution is -0.0440. The van der Waals surface area contributed by atoms with Crippen LogP contribution in [0.1, 0.15) is 12.5 Å². The van der Waals surface area contributed by atoms with Gasteiger partial charge >= 0.3 is 14.8 Å². The first-order valence-corrected chi connectivity index (χ1v) is 16.5. The van der Waals surface area contributed by atoms with Gasteiger partial charge < -0.3 is 35.5 Å². The van der Waals surface area contributed by atoms with Crippen molar-refractivity contribution in [1.29, 1.82) is 0 Å². The molecule has 4 aromatic heterocycles. The van der Waals surface area contributed by atoms with Gasteiger partial charge in [0.1, 0.15) is 60.8 Å². The lowest BCUT2D eigenvalue weighted by Crippen LogP contribution is -2.34. The molecular weight excluding hydrogens is 656 g/mol. The monoisotopic (exact) mass is 679 g/mol. The second-order valence-corrected chi connectivity index (χ2v) is 13.4. The number of imidazole rings is 2. The van der Waals surface area contributed by atoms with E-state index in [1.54, 1.807) is 0 Å². The van der Waals surface area contributed by atoms with Crippen LogP contribution in [-0.2, 0) is 27.7 Å². The molecule has 0 radical (unpaired) electrons. The Bertz CT molecular complexity index is 1850. The smallest absolute Gasteiger partial charge is 0.387 e. The Kier molecular flexibility index (Phi) is 8.14. The Morgan fingerprint density at radius 1 is 1.05 bits per heavy atom. The van der Waals surface area contributed by atoms with Crippen LogP contribution < -0.4 is 17.0 Å². The zero-order valence-corrected chi connectivity index (χ0v) is 24.6. The number of rotatable bonds is 9. The number of hydrogen-bond acceptors (Lipinski definition) is 15. The summed E-state index contributed by atoms with van der Waals surface area (Å²) in [7, 11) is -7.60. The van der Waals surface area contributed by atoms with E-state index in [9.17, 15) is 23.9 Å². The van der Waals surface area contributed by atoms with Gasteiger partial charge in [-0.05, 0) is 4.57 Å². The van der Waals surface area contributed by atoms with E-state index in [0.29, 0.717) is 0 Å². The minimum atomic E-state index is -5.12. The van der Waals surface area contributed by atoms with E-state index in [1.165, 1.54) is 10.9 Å². The van der Waals surface area contributed by atoms with Crippen molar-refractivity contribution in [3.8, 4) is 0 Å². The molecule has 24 heteroatoms. The first-order valence-electron chi connectivity index (χ1n) is 12.6. The Balaban J connectivity index is 1.26. The van der Waals surface area contributed by atoms with E-state index in [4.69, 9.17) is 30.0 Å². The van der Waals surface area contributed by atoms with Crippen LogP contribution in [-0.4, -0.2) is 98.6 Å². The van der Waals surface area contributed by atoms with Crippen molar-refractivity contribution in [1.82, 2.24) is 39.0 Å². The number of nitrogens with zero attached hydrogens (tertiary/aromatic N) is 7. The summed E-state index contributed by atoms with van der Waals surface area (Å²) >= 11 is 3.60. The molecule has 2 aliphatic rings. The highest BCUT2D eigenvalue weighted by Crippen LogP contribution is 2.58. The van der Waals surface area contributed by atoms with E-state index in [2.05, 4.69) is 42.2 Å². The molecule has 4 aromatic rings. The first kappa shape index (κ1) is 30.8. The Labute approximate surface area is 249 Å². The molecular formula is C20H23F2N10O9P2S+. The lowest BCUT2D eigenvalue weighted by atomic mass is 10.1. The minimum Gasteiger partial charge on any atom is -0.387 e. The molecule has 7 N–H and O–H groups in total. The number of nitrogen functional groups attached to an aromatic ring is 2. The van der Waals surface area contributed by atoms with E-state index in [-0.39, 0.29) is 34.1 Å². The maximum atomic E-state index is 15.8. The predicted molar refractivity (Wildman–Crippen MR) is 148 cm³/mol. The predicted octanol–water partition coefficient (Wildman–Crippen LogP) is 0.130. The van der Waals surface area contributed by atoms with Crippen molar-refractivity contribution < 1.29 is 46.4 Å². The number of ether oxygens (including phenoxy) is 2. The van der Waals surface area contributed by atoms with E-state index < -0.39 is 82.4 Å². The Hall–Kier alpha value is -3.20. The van der Waals surface area contributed by atoms with Gasteiger partial charge in [0.15, 0.2) is 41.3 Å². The molecule has 0 amide bonds. The third-order valence-electron chi connectivity index (χ3n) is 7.12. The van der Waals surface area contributed by atoms with Crippen molar-refractivity contribution in [2.24, 2.45) is 0 Å². The fourth-order valence-electron chi connectivity index (χ4n) is 5.07. The molecule has 0 spiro atoms. The molecule has 0 saturated carbocycles. The van der Waals surface area contributed by atoms with Crippen LogP contribution in [0.4, 0.5) is 20.5 Å². The number of aliphatic hydroxyl groups is 1. The van der Waals surface area contributed by atoms with Gasteiger partial charge in [-0.3, -0.25) is 23.5 Å². The van der Waals surface area contributed by atoms with Gasteiger partial charge in [-0.15, -0.1) is 4.52 Å². The molecule has 19 nitrogen and oxygen atoms in total. The number of anilines is 2. The van der Waals surface area contributed by atoms with Gasteiger partial charge in [0.25, 0.3) is 5.56 Å². The van der Waals surface area contributed by atoms with E-state index in [0.717, 1.165) is 17.2 Å². The van der Waals surface area contributed by atoms with Crippen LogP contribution >= 0.6 is 27.1 Å². The summed E-state index contributed by atoms with van der Waals surface area (Å²) in [5, 5.41) is 10.5. The molecule has 0 bridgehead atoms. The zero-order chi connectivity index (χ0) is 31.5. The summed E-state index contributed by atoms with van der Waals surface area (Å²) < 4.78 is 79.6. The highest BCUT2D eigenvalue weighted by Gasteiger charge is 2.57. The lowest BCUT2D eigenvalue weighted by Gasteiger charge is -2.26. The third kappa shape index (κ3) is 5.35. The summed E-state index contributed by atoms with van der Waals surface area (Å²) in [6, 6.07) is 0. The molecule has 2 aliphatic heterocycles. The van der Waals surface area contributed by atoms with Crippen LogP contribution in [0.25, 0.3) is 22.3 Å². The molecule has 2 fully saturated rings. The van der Waals surface area contributed by atoms with Gasteiger partial charge in [-0.25, -0.2) is 28.7 Å². The fraction of sp³-hybridized carbons (Fsp3) is 0.500. The van der Waals surface area contributed by atoms with Gasteiger partial charge in [-0.1, -0.05) is 0 Å². The average molecular weight is 679 g/mol. The Morgan fingerprint density at radius 3 is 2.45 bits per heavy atom.